The van der Waals surface area contributed by atoms with Crippen LogP contribution in [0.4, 0.5) is 0 Å². The second-order valence-corrected chi connectivity index (χ2v) is 5.77. The van der Waals surface area contributed by atoms with E-state index >= 15 is 0 Å². The Morgan fingerprint density at radius 2 is 2.20 bits per heavy atom. The number of allylic oxidation sites excluding steroid dienone is 2. The van der Waals surface area contributed by atoms with Crippen molar-refractivity contribution in [3.05, 3.63) is 34.3 Å². The van der Waals surface area contributed by atoms with Gasteiger partial charge in [-0.25, -0.2) is 4.79 Å². The first-order chi connectivity index (χ1) is 9.41. The second kappa shape index (κ2) is 3.98. The highest BCUT2D eigenvalue weighted by Gasteiger charge is 2.50. The van der Waals surface area contributed by atoms with E-state index in [1.807, 2.05) is 0 Å². The van der Waals surface area contributed by atoms with Crippen LogP contribution in [0.2, 0.25) is 0 Å². The number of carbonyl (C=O) groups excluding carboxylic acids is 2. The first kappa shape index (κ1) is 13.0. The number of fused-ring (bicyclic) bond motifs is 3. The zero-order chi connectivity index (χ0) is 14.7. The Morgan fingerprint density at radius 1 is 1.50 bits per heavy atom. The van der Waals surface area contributed by atoms with Crippen LogP contribution in [0.1, 0.15) is 46.0 Å². The maximum absolute atomic E-state index is 12.3. The summed E-state index contributed by atoms with van der Waals surface area (Å²) in [5, 5.41) is 3.29. The standard InChI is InChI=1S/C15H18N2O3/c1-7-6-16-10-5-9(18)13-12(15(7,10)3)11(8(2)17-13)14(19)20-4/h5,7,16-17H,6H2,1-4H3/t7-,15+/m1/s1. The predicted octanol–water partition coefficient (Wildman–Crippen LogP) is 1.69. The van der Waals surface area contributed by atoms with Gasteiger partial charge in [-0.2, -0.15) is 0 Å². The molecule has 0 unspecified atom stereocenters. The molecule has 1 aromatic heterocycles. The van der Waals surface area contributed by atoms with Crippen LogP contribution in [0.3, 0.4) is 0 Å². The Kier molecular flexibility index (Phi) is 2.58. The van der Waals surface area contributed by atoms with Crippen LogP contribution in [0, 0.1) is 12.8 Å². The Morgan fingerprint density at radius 3 is 2.85 bits per heavy atom. The van der Waals surface area contributed by atoms with Crippen molar-refractivity contribution in [2.45, 2.75) is 26.2 Å². The molecule has 1 fully saturated rings. The van der Waals surface area contributed by atoms with Crippen LogP contribution in [-0.2, 0) is 10.2 Å². The maximum atomic E-state index is 12.3. The van der Waals surface area contributed by atoms with E-state index < -0.39 is 5.97 Å². The van der Waals surface area contributed by atoms with E-state index in [-0.39, 0.29) is 11.2 Å². The minimum atomic E-state index is -0.394. The summed E-state index contributed by atoms with van der Waals surface area (Å²) < 4.78 is 4.90. The number of rotatable bonds is 1. The van der Waals surface area contributed by atoms with E-state index in [2.05, 4.69) is 24.1 Å². The molecule has 3 rings (SSSR count). The second-order valence-electron chi connectivity index (χ2n) is 5.77. The molecule has 2 heterocycles. The van der Waals surface area contributed by atoms with Crippen molar-refractivity contribution < 1.29 is 14.3 Å². The Hall–Kier alpha value is -2.04. The molecule has 2 aliphatic rings. The molecule has 1 saturated heterocycles. The molecule has 0 spiro atoms. The van der Waals surface area contributed by atoms with Gasteiger partial charge in [-0.1, -0.05) is 6.92 Å². The highest BCUT2D eigenvalue weighted by atomic mass is 16.5. The lowest BCUT2D eigenvalue weighted by atomic mass is 9.68. The fraction of sp³-hybridized carbons (Fsp3) is 0.467. The van der Waals surface area contributed by atoms with Gasteiger partial charge in [-0.3, -0.25) is 4.79 Å². The molecule has 1 aromatic rings. The third kappa shape index (κ3) is 1.38. The number of esters is 1. The third-order valence-electron chi connectivity index (χ3n) is 4.76. The lowest BCUT2D eigenvalue weighted by molar-refractivity contribution is 0.0597. The van der Waals surface area contributed by atoms with Gasteiger partial charge in [-0.15, -0.1) is 0 Å². The van der Waals surface area contributed by atoms with Gasteiger partial charge in [0.2, 0.25) is 5.78 Å². The Bertz CT molecular complexity index is 656. The molecule has 1 aliphatic heterocycles. The maximum Gasteiger partial charge on any atom is 0.340 e. The van der Waals surface area contributed by atoms with Crippen LogP contribution in [0.5, 0.6) is 0 Å². The van der Waals surface area contributed by atoms with Gasteiger partial charge in [0.05, 0.1) is 18.4 Å². The van der Waals surface area contributed by atoms with E-state index in [0.717, 1.165) is 17.8 Å². The molecule has 2 atom stereocenters. The molecule has 0 bridgehead atoms. The minimum Gasteiger partial charge on any atom is -0.465 e. The lowest BCUT2D eigenvalue weighted by Crippen LogP contribution is -2.35. The lowest BCUT2D eigenvalue weighted by Gasteiger charge is -2.33. The average Bonchev–Trinajstić information content (AvgIpc) is 2.90. The quantitative estimate of drug-likeness (QED) is 0.764. The van der Waals surface area contributed by atoms with Gasteiger partial charge in [0.15, 0.2) is 0 Å². The number of hydrogen-bond donors (Lipinski definition) is 2. The molecule has 106 valence electrons. The molecule has 5 heteroatoms. The van der Waals surface area contributed by atoms with Crippen molar-refractivity contribution in [1.29, 1.82) is 0 Å². The van der Waals surface area contributed by atoms with E-state index in [9.17, 15) is 9.59 Å². The number of nitrogens with one attached hydrogen (secondary N) is 2. The topological polar surface area (TPSA) is 71.2 Å². The molecule has 0 radical (unpaired) electrons. The highest BCUT2D eigenvalue weighted by Crippen LogP contribution is 2.48. The fourth-order valence-electron chi connectivity index (χ4n) is 3.39. The van der Waals surface area contributed by atoms with Gasteiger partial charge >= 0.3 is 5.97 Å². The van der Waals surface area contributed by atoms with Crippen LogP contribution in [-0.4, -0.2) is 30.4 Å². The third-order valence-corrected chi connectivity index (χ3v) is 4.76. The van der Waals surface area contributed by atoms with Crippen LogP contribution >= 0.6 is 0 Å². The molecular weight excluding hydrogens is 256 g/mol. The number of H-pyrrole nitrogens is 1. The monoisotopic (exact) mass is 274 g/mol. The summed E-state index contributed by atoms with van der Waals surface area (Å²) in [6, 6.07) is 0. The number of ether oxygens (including phenoxy) is 1. The minimum absolute atomic E-state index is 0.0904. The van der Waals surface area contributed by atoms with Gasteiger partial charge in [0, 0.05) is 35.0 Å². The number of methoxy groups -OCH3 is 1. The van der Waals surface area contributed by atoms with Crippen molar-refractivity contribution >= 4 is 11.8 Å². The number of aromatic amines is 1. The number of carbonyl (C=O) groups is 2. The van der Waals surface area contributed by atoms with Gasteiger partial charge in [0.1, 0.15) is 0 Å². The number of aryl methyl sites for hydroxylation is 1. The average molecular weight is 274 g/mol. The first-order valence-electron chi connectivity index (χ1n) is 6.73. The molecule has 1 aliphatic carbocycles. The first-order valence-corrected chi connectivity index (χ1v) is 6.73. The van der Waals surface area contributed by atoms with Crippen LogP contribution < -0.4 is 5.32 Å². The van der Waals surface area contributed by atoms with Crippen molar-refractivity contribution in [3.8, 4) is 0 Å². The van der Waals surface area contributed by atoms with E-state index in [0.29, 0.717) is 22.9 Å². The fourth-order valence-corrected chi connectivity index (χ4v) is 3.39. The molecule has 2 N–H and O–H groups in total. The Labute approximate surface area is 117 Å². The molecule has 0 saturated carbocycles. The summed E-state index contributed by atoms with van der Waals surface area (Å²) in [5.41, 5.74) is 3.03. The normalized spacial score (nSPS) is 27.5. The Balaban J connectivity index is 2.33. The highest BCUT2D eigenvalue weighted by molar-refractivity contribution is 6.10. The largest absolute Gasteiger partial charge is 0.465 e. The number of hydrogen-bond acceptors (Lipinski definition) is 4. The van der Waals surface area contributed by atoms with Crippen molar-refractivity contribution in [2.24, 2.45) is 5.92 Å². The van der Waals surface area contributed by atoms with E-state index in [1.54, 1.807) is 13.0 Å². The zero-order valence-corrected chi connectivity index (χ0v) is 12.1. The van der Waals surface area contributed by atoms with Crippen molar-refractivity contribution in [3.63, 3.8) is 0 Å². The van der Waals surface area contributed by atoms with E-state index in [1.165, 1.54) is 7.11 Å². The summed E-state index contributed by atoms with van der Waals surface area (Å²) in [5.74, 6) is -0.194. The summed E-state index contributed by atoms with van der Waals surface area (Å²) >= 11 is 0. The molecule has 5 nitrogen and oxygen atoms in total. The summed E-state index contributed by atoms with van der Waals surface area (Å²) in [6.45, 7) is 6.79. The van der Waals surface area contributed by atoms with Gasteiger partial charge in [-0.05, 0) is 19.8 Å². The predicted molar refractivity (Wildman–Crippen MR) is 73.8 cm³/mol. The molecule has 0 amide bonds. The van der Waals surface area contributed by atoms with E-state index in [4.69, 9.17) is 4.74 Å². The van der Waals surface area contributed by atoms with Crippen molar-refractivity contribution in [2.75, 3.05) is 13.7 Å². The number of aromatic nitrogens is 1. The van der Waals surface area contributed by atoms with Crippen LogP contribution in [0.15, 0.2) is 11.8 Å². The summed E-state index contributed by atoms with van der Waals surface area (Å²) in [4.78, 5) is 27.4. The van der Waals surface area contributed by atoms with Gasteiger partial charge in [0.25, 0.3) is 0 Å². The summed E-state index contributed by atoms with van der Waals surface area (Å²) in [7, 11) is 1.36. The number of ketones is 1. The summed E-state index contributed by atoms with van der Waals surface area (Å²) in [6.07, 6.45) is 1.64. The van der Waals surface area contributed by atoms with Crippen LogP contribution in [0.25, 0.3) is 0 Å². The molecule has 0 aromatic carbocycles. The molecule has 20 heavy (non-hydrogen) atoms. The van der Waals surface area contributed by atoms with Crippen molar-refractivity contribution in [1.82, 2.24) is 10.3 Å². The zero-order valence-electron chi connectivity index (χ0n) is 12.1. The smallest absolute Gasteiger partial charge is 0.340 e. The van der Waals surface area contributed by atoms with Gasteiger partial charge < -0.3 is 15.0 Å². The molecular formula is C15H18N2O3. The SMILES string of the molecule is COC(=O)c1c(C)[nH]c2c1[C@]1(C)C(=CC2=O)NC[C@H]1C.